The summed E-state index contributed by atoms with van der Waals surface area (Å²) in [6.07, 6.45) is 0. The Morgan fingerprint density at radius 1 is 1.50 bits per heavy atom. The molecule has 0 saturated carbocycles. The summed E-state index contributed by atoms with van der Waals surface area (Å²) in [5.41, 5.74) is 0.334. The maximum atomic E-state index is 12.8. The van der Waals surface area contributed by atoms with Gasteiger partial charge in [-0.2, -0.15) is 0 Å². The fourth-order valence-corrected chi connectivity index (χ4v) is 1.18. The van der Waals surface area contributed by atoms with E-state index in [2.05, 4.69) is 10.6 Å². The predicted octanol–water partition coefficient (Wildman–Crippen LogP) is 2.62. The molecule has 0 aliphatic rings. The SMILES string of the molecule is CCNC(=O)Nc1cc(F)cc(Cl)c1. The third-order valence-electron chi connectivity index (χ3n) is 1.46. The largest absolute Gasteiger partial charge is 0.338 e. The molecule has 0 atom stereocenters. The molecule has 0 aliphatic heterocycles. The third kappa shape index (κ3) is 3.22. The number of rotatable bonds is 2. The molecule has 1 rings (SSSR count). The lowest BCUT2D eigenvalue weighted by Gasteiger charge is -2.05. The van der Waals surface area contributed by atoms with Crippen LogP contribution >= 0.6 is 11.6 Å². The molecule has 0 unspecified atom stereocenters. The zero-order chi connectivity index (χ0) is 10.6. The van der Waals surface area contributed by atoms with E-state index < -0.39 is 5.82 Å². The molecule has 0 aliphatic carbocycles. The van der Waals surface area contributed by atoms with Gasteiger partial charge in [-0.3, -0.25) is 0 Å². The number of amides is 2. The molecule has 3 nitrogen and oxygen atoms in total. The second kappa shape index (κ2) is 4.81. The molecule has 2 amide bonds. The summed E-state index contributed by atoms with van der Waals surface area (Å²) in [6.45, 7) is 2.30. The van der Waals surface area contributed by atoms with Crippen molar-refractivity contribution in [3.8, 4) is 0 Å². The molecule has 5 heteroatoms. The lowest BCUT2D eigenvalue weighted by Crippen LogP contribution is -2.28. The van der Waals surface area contributed by atoms with Crippen molar-refractivity contribution in [2.24, 2.45) is 0 Å². The van der Waals surface area contributed by atoms with Crippen LogP contribution < -0.4 is 10.6 Å². The van der Waals surface area contributed by atoms with Gasteiger partial charge in [0.05, 0.1) is 0 Å². The summed E-state index contributed by atoms with van der Waals surface area (Å²) in [4.78, 5) is 11.0. The molecular weight excluding hydrogens is 207 g/mol. The number of anilines is 1. The monoisotopic (exact) mass is 216 g/mol. The summed E-state index contributed by atoms with van der Waals surface area (Å²) in [6, 6.07) is 3.46. The van der Waals surface area contributed by atoms with Gasteiger partial charge in [-0.05, 0) is 25.1 Å². The topological polar surface area (TPSA) is 41.1 Å². The molecule has 0 fully saturated rings. The Hall–Kier alpha value is -1.29. The smallest absolute Gasteiger partial charge is 0.319 e. The number of halogens is 2. The van der Waals surface area contributed by atoms with E-state index in [1.54, 1.807) is 6.92 Å². The van der Waals surface area contributed by atoms with Crippen LogP contribution in [0.3, 0.4) is 0 Å². The number of hydrogen-bond donors (Lipinski definition) is 2. The van der Waals surface area contributed by atoms with Crippen molar-refractivity contribution in [2.75, 3.05) is 11.9 Å². The first-order valence-corrected chi connectivity index (χ1v) is 4.50. The van der Waals surface area contributed by atoms with Gasteiger partial charge < -0.3 is 10.6 Å². The fraction of sp³-hybridized carbons (Fsp3) is 0.222. The highest BCUT2D eigenvalue weighted by atomic mass is 35.5. The van der Waals surface area contributed by atoms with E-state index in [0.29, 0.717) is 12.2 Å². The minimum atomic E-state index is -0.482. The molecule has 14 heavy (non-hydrogen) atoms. The normalized spacial score (nSPS) is 9.64. The van der Waals surface area contributed by atoms with Crippen molar-refractivity contribution in [3.63, 3.8) is 0 Å². The fourth-order valence-electron chi connectivity index (χ4n) is 0.962. The molecule has 76 valence electrons. The van der Waals surface area contributed by atoms with Crippen molar-refractivity contribution in [1.82, 2.24) is 5.32 Å². The second-order valence-corrected chi connectivity index (χ2v) is 3.08. The Bertz CT molecular complexity index is 323. The molecule has 0 radical (unpaired) electrons. The number of urea groups is 1. The standard InChI is InChI=1S/C9H10ClFN2O/c1-2-12-9(14)13-8-4-6(10)3-7(11)5-8/h3-5H,2H2,1H3,(H2,12,13,14). The van der Waals surface area contributed by atoms with Crippen molar-refractivity contribution in [3.05, 3.63) is 29.0 Å². The van der Waals surface area contributed by atoms with E-state index in [1.165, 1.54) is 18.2 Å². The Morgan fingerprint density at radius 2 is 2.21 bits per heavy atom. The number of hydrogen-bond acceptors (Lipinski definition) is 1. The van der Waals surface area contributed by atoms with E-state index in [4.69, 9.17) is 11.6 Å². The van der Waals surface area contributed by atoms with Crippen LogP contribution in [0.2, 0.25) is 5.02 Å². The van der Waals surface area contributed by atoms with Gasteiger partial charge in [0, 0.05) is 17.3 Å². The number of carbonyl (C=O) groups is 1. The van der Waals surface area contributed by atoms with Crippen LogP contribution in [-0.4, -0.2) is 12.6 Å². The van der Waals surface area contributed by atoms with Crippen molar-refractivity contribution in [2.45, 2.75) is 6.92 Å². The molecule has 1 aromatic carbocycles. The highest BCUT2D eigenvalue weighted by molar-refractivity contribution is 6.30. The first-order valence-electron chi connectivity index (χ1n) is 4.12. The van der Waals surface area contributed by atoms with Crippen molar-refractivity contribution >= 4 is 23.3 Å². The minimum Gasteiger partial charge on any atom is -0.338 e. The summed E-state index contributed by atoms with van der Waals surface area (Å²) in [5.74, 6) is -0.482. The number of carbonyl (C=O) groups excluding carboxylic acids is 1. The Kier molecular flexibility index (Phi) is 3.71. The van der Waals surface area contributed by atoms with Crippen LogP contribution in [0.25, 0.3) is 0 Å². The van der Waals surface area contributed by atoms with Gasteiger partial charge in [0.25, 0.3) is 0 Å². The lowest BCUT2D eigenvalue weighted by molar-refractivity contribution is 0.252. The number of benzene rings is 1. The van der Waals surface area contributed by atoms with Crippen LogP contribution in [-0.2, 0) is 0 Å². The average molecular weight is 217 g/mol. The van der Waals surface area contributed by atoms with E-state index >= 15 is 0 Å². The Labute approximate surface area is 86.3 Å². The predicted molar refractivity (Wildman–Crippen MR) is 54.1 cm³/mol. The third-order valence-corrected chi connectivity index (χ3v) is 1.68. The van der Waals surface area contributed by atoms with Gasteiger partial charge in [-0.25, -0.2) is 9.18 Å². The van der Waals surface area contributed by atoms with Crippen molar-refractivity contribution in [1.29, 1.82) is 0 Å². The maximum Gasteiger partial charge on any atom is 0.319 e. The zero-order valence-corrected chi connectivity index (χ0v) is 8.36. The van der Waals surface area contributed by atoms with Crippen LogP contribution in [0.5, 0.6) is 0 Å². The van der Waals surface area contributed by atoms with Crippen LogP contribution in [0.1, 0.15) is 6.92 Å². The van der Waals surface area contributed by atoms with Gasteiger partial charge >= 0.3 is 6.03 Å². The van der Waals surface area contributed by atoms with Crippen LogP contribution in [0.4, 0.5) is 14.9 Å². The van der Waals surface area contributed by atoms with Gasteiger partial charge in [0.15, 0.2) is 0 Å². The van der Waals surface area contributed by atoms with E-state index in [-0.39, 0.29) is 11.1 Å². The van der Waals surface area contributed by atoms with Crippen LogP contribution in [0, 0.1) is 5.82 Å². The van der Waals surface area contributed by atoms with Gasteiger partial charge in [0.1, 0.15) is 5.82 Å². The lowest BCUT2D eigenvalue weighted by atomic mass is 10.3. The quantitative estimate of drug-likeness (QED) is 0.784. The molecule has 0 aromatic heterocycles. The average Bonchev–Trinajstić information content (AvgIpc) is 2.01. The highest BCUT2D eigenvalue weighted by Crippen LogP contribution is 2.17. The summed E-state index contributed by atoms with van der Waals surface area (Å²) in [5, 5.41) is 5.21. The van der Waals surface area contributed by atoms with E-state index in [1.807, 2.05) is 0 Å². The molecule has 2 N–H and O–H groups in total. The molecular formula is C9H10ClFN2O. The Morgan fingerprint density at radius 3 is 2.79 bits per heavy atom. The first-order chi connectivity index (χ1) is 6.61. The zero-order valence-electron chi connectivity index (χ0n) is 7.60. The minimum absolute atomic E-state index is 0.247. The van der Waals surface area contributed by atoms with Gasteiger partial charge in [-0.1, -0.05) is 11.6 Å². The summed E-state index contributed by atoms with van der Waals surface area (Å²) in [7, 11) is 0. The van der Waals surface area contributed by atoms with Gasteiger partial charge in [0.2, 0.25) is 0 Å². The Balaban J connectivity index is 2.71. The molecule has 1 aromatic rings. The number of nitrogens with one attached hydrogen (secondary N) is 2. The van der Waals surface area contributed by atoms with E-state index in [9.17, 15) is 9.18 Å². The molecule has 0 heterocycles. The highest BCUT2D eigenvalue weighted by Gasteiger charge is 2.02. The first kappa shape index (κ1) is 10.8. The summed E-state index contributed by atoms with van der Waals surface area (Å²) >= 11 is 5.60. The van der Waals surface area contributed by atoms with Crippen molar-refractivity contribution < 1.29 is 9.18 Å². The van der Waals surface area contributed by atoms with Gasteiger partial charge in [-0.15, -0.1) is 0 Å². The second-order valence-electron chi connectivity index (χ2n) is 2.64. The molecule has 0 bridgehead atoms. The molecule has 0 saturated heterocycles. The van der Waals surface area contributed by atoms with E-state index in [0.717, 1.165) is 0 Å². The summed E-state index contributed by atoms with van der Waals surface area (Å²) < 4.78 is 12.8. The maximum absolute atomic E-state index is 12.8. The van der Waals surface area contributed by atoms with Crippen LogP contribution in [0.15, 0.2) is 18.2 Å². The molecule has 0 spiro atoms.